The van der Waals surface area contributed by atoms with Crippen molar-refractivity contribution in [3.63, 3.8) is 0 Å². The molecule has 1 aliphatic heterocycles. The van der Waals surface area contributed by atoms with Crippen molar-refractivity contribution < 1.29 is 8.83 Å². The molecular weight excluding hydrogens is 840 g/mol. The van der Waals surface area contributed by atoms with E-state index in [1.165, 1.54) is 77.4 Å². The topological polar surface area (TPSA) is 43.2 Å². The fourth-order valence-corrected chi connectivity index (χ4v) is 12.3. The second-order valence-corrected chi connectivity index (χ2v) is 21.2. The molecule has 1 aliphatic carbocycles. The summed E-state index contributed by atoms with van der Waals surface area (Å²) in [5.41, 5.74) is 22.3. The van der Waals surface area contributed by atoms with Gasteiger partial charge in [0.2, 0.25) is 0 Å². The molecule has 14 rings (SSSR count). The van der Waals surface area contributed by atoms with Crippen molar-refractivity contribution in [3.05, 3.63) is 209 Å². The molecule has 1 N–H and O–H groups in total. The summed E-state index contributed by atoms with van der Waals surface area (Å²) >= 11 is 0. The predicted octanol–water partition coefficient (Wildman–Crippen LogP) is 15.5. The first-order chi connectivity index (χ1) is 33.6. The summed E-state index contributed by atoms with van der Waals surface area (Å²) in [7, 11) is 0.727. The van der Waals surface area contributed by atoms with Crippen molar-refractivity contribution >= 4 is 95.3 Å². The van der Waals surface area contributed by atoms with E-state index in [4.69, 9.17) is 8.83 Å². The van der Waals surface area contributed by atoms with Gasteiger partial charge in [0.25, 0.3) is 0 Å². The Labute approximate surface area is 402 Å². The first-order valence-corrected chi connectivity index (χ1v) is 24.6. The Balaban J connectivity index is 1.18. The van der Waals surface area contributed by atoms with E-state index < -0.39 is 0 Å². The van der Waals surface area contributed by atoms with Gasteiger partial charge in [-0.3, -0.25) is 0 Å². The molecule has 4 nitrogen and oxygen atoms in total. The van der Waals surface area contributed by atoms with Gasteiger partial charge in [-0.1, -0.05) is 148 Å². The van der Waals surface area contributed by atoms with Crippen molar-refractivity contribution in [1.82, 2.24) is 4.57 Å². The van der Waals surface area contributed by atoms with Crippen LogP contribution in [0.3, 0.4) is 0 Å². The number of anilines is 2. The summed E-state index contributed by atoms with van der Waals surface area (Å²) in [5, 5.41) is 11.1. The van der Waals surface area contributed by atoms with Crippen LogP contribution in [0.1, 0.15) is 79.8 Å². The molecule has 3 aromatic heterocycles. The highest BCUT2D eigenvalue weighted by Crippen LogP contribution is 2.51. The molecular formula is C64H51BN2O2. The molecule has 4 heterocycles. The minimum atomic E-state index is -0.0649. The van der Waals surface area contributed by atoms with Gasteiger partial charge in [0.1, 0.15) is 22.3 Å². The fourth-order valence-electron chi connectivity index (χ4n) is 12.3. The maximum absolute atomic E-state index is 6.78. The summed E-state index contributed by atoms with van der Waals surface area (Å²) < 4.78 is 16.1. The molecule has 0 atom stereocenters. The average Bonchev–Trinajstić information content (AvgIpc) is 4.03. The minimum Gasteiger partial charge on any atom is -0.456 e. The summed E-state index contributed by atoms with van der Waals surface area (Å²) in [6.45, 7) is 12.0. The van der Waals surface area contributed by atoms with E-state index >= 15 is 0 Å². The first-order valence-electron chi connectivity index (χ1n) is 24.6. The highest BCUT2D eigenvalue weighted by molar-refractivity contribution is 6.74. The van der Waals surface area contributed by atoms with Crippen LogP contribution in [0.2, 0.25) is 0 Å². The highest BCUT2D eigenvalue weighted by atomic mass is 16.3. The molecule has 0 unspecified atom stereocenters. The number of aromatic nitrogens is 1. The maximum Gasteiger partial charge on any atom is 0.198 e. The van der Waals surface area contributed by atoms with Gasteiger partial charge in [-0.05, 0) is 136 Å². The molecule has 332 valence electrons. The molecule has 2 aliphatic rings. The smallest absolute Gasteiger partial charge is 0.198 e. The number of hydrogen-bond acceptors (Lipinski definition) is 3. The summed E-state index contributed by atoms with van der Waals surface area (Å²) in [5.74, 6) is -0.0649. The zero-order valence-electron chi connectivity index (χ0n) is 39.7. The Kier molecular flexibility index (Phi) is 8.55. The summed E-state index contributed by atoms with van der Waals surface area (Å²) in [6, 6.07) is 65.1. The molecule has 69 heavy (non-hydrogen) atoms. The SMILES string of the molecule is Cc1ccc(Nc2cc3c(cc2-c2cc(C(c4ccccc4)c4ccccc4)c4c5cc6c(cc5n5c4c2Bc2cc4oc7ccccc7c4cc2-5)C(C)(C)CCC6(C)C)oc2ccccc23)cc1. The Morgan fingerprint density at radius 3 is 1.77 bits per heavy atom. The Hall–Kier alpha value is -7.76. The predicted molar refractivity (Wildman–Crippen MR) is 291 cm³/mol. The zero-order chi connectivity index (χ0) is 46.3. The molecule has 0 bridgehead atoms. The van der Waals surface area contributed by atoms with E-state index in [1.807, 2.05) is 0 Å². The number of aryl methyl sites for hydroxylation is 1. The lowest BCUT2D eigenvalue weighted by atomic mass is 9.58. The highest BCUT2D eigenvalue weighted by Gasteiger charge is 2.40. The minimum absolute atomic E-state index is 0.0178. The van der Waals surface area contributed by atoms with Crippen LogP contribution in [0.5, 0.6) is 0 Å². The Morgan fingerprint density at radius 2 is 1.12 bits per heavy atom. The van der Waals surface area contributed by atoms with Gasteiger partial charge >= 0.3 is 0 Å². The number of nitrogens with one attached hydrogen (secondary N) is 1. The third-order valence-electron chi connectivity index (χ3n) is 16.0. The molecule has 9 aromatic carbocycles. The monoisotopic (exact) mass is 890 g/mol. The quantitative estimate of drug-likeness (QED) is 0.134. The van der Waals surface area contributed by atoms with Gasteiger partial charge in [0.05, 0.1) is 5.52 Å². The van der Waals surface area contributed by atoms with Gasteiger partial charge in [0, 0.05) is 66.4 Å². The number of para-hydroxylation sites is 2. The van der Waals surface area contributed by atoms with Gasteiger partial charge in [-0.2, -0.15) is 0 Å². The summed E-state index contributed by atoms with van der Waals surface area (Å²) in [6.07, 6.45) is 2.29. The van der Waals surface area contributed by atoms with E-state index in [0.29, 0.717) is 0 Å². The lowest BCUT2D eigenvalue weighted by Gasteiger charge is -2.42. The van der Waals surface area contributed by atoms with E-state index in [-0.39, 0.29) is 16.7 Å². The van der Waals surface area contributed by atoms with E-state index in [9.17, 15) is 0 Å². The second-order valence-electron chi connectivity index (χ2n) is 21.2. The van der Waals surface area contributed by atoms with Gasteiger partial charge in [-0.25, -0.2) is 0 Å². The van der Waals surface area contributed by atoms with Crippen LogP contribution in [-0.4, -0.2) is 11.8 Å². The van der Waals surface area contributed by atoms with E-state index in [1.54, 1.807) is 0 Å². The number of rotatable bonds is 6. The molecule has 0 fully saturated rings. The molecule has 0 radical (unpaired) electrons. The standard InChI is InChI=1S/C64H51BN2O2/c1-37-24-26-40(27-25-37)66-52-32-44-41-20-12-14-22-55(41)68-57(44)34-43(52)46-30-48(59(38-16-8-6-9-17-38)39-18-10-7-11-19-39)60-47-31-49-50(64(4,5)29-28-63(49,2)3)35-53(47)67-54-33-45-42-21-13-15-23-56(42)69-58(45)36-51(54)65-61(46)62(60)67/h6-27,30-36,59,65-66H,28-29H2,1-5H3. The van der Waals surface area contributed by atoms with Gasteiger partial charge in [-0.15, -0.1) is 0 Å². The molecule has 0 saturated carbocycles. The van der Waals surface area contributed by atoms with Crippen molar-refractivity contribution in [2.24, 2.45) is 0 Å². The van der Waals surface area contributed by atoms with Crippen molar-refractivity contribution in [2.75, 3.05) is 5.32 Å². The zero-order valence-corrected chi connectivity index (χ0v) is 39.7. The number of hydrogen-bond donors (Lipinski definition) is 1. The van der Waals surface area contributed by atoms with E-state index in [2.05, 4.69) is 220 Å². The lowest BCUT2D eigenvalue weighted by molar-refractivity contribution is 0.332. The average molecular weight is 891 g/mol. The van der Waals surface area contributed by atoms with Crippen LogP contribution in [0, 0.1) is 6.92 Å². The van der Waals surface area contributed by atoms with Crippen LogP contribution in [-0.2, 0) is 10.8 Å². The molecule has 12 aromatic rings. The Bertz CT molecular complexity index is 4040. The third-order valence-corrected chi connectivity index (χ3v) is 16.0. The molecule has 0 amide bonds. The number of furan rings is 2. The number of benzene rings is 9. The lowest BCUT2D eigenvalue weighted by Crippen LogP contribution is -2.37. The van der Waals surface area contributed by atoms with E-state index in [0.717, 1.165) is 80.9 Å². The van der Waals surface area contributed by atoms with Crippen molar-refractivity contribution in [3.8, 4) is 16.8 Å². The van der Waals surface area contributed by atoms with Crippen LogP contribution >= 0.6 is 0 Å². The van der Waals surface area contributed by atoms with Gasteiger partial charge < -0.3 is 18.7 Å². The van der Waals surface area contributed by atoms with Crippen molar-refractivity contribution in [1.29, 1.82) is 0 Å². The number of fused-ring (bicyclic) bond motifs is 12. The van der Waals surface area contributed by atoms with Gasteiger partial charge in [0.15, 0.2) is 7.28 Å². The maximum atomic E-state index is 6.78. The molecule has 0 spiro atoms. The number of nitrogens with zero attached hydrogens (tertiary/aromatic N) is 1. The Morgan fingerprint density at radius 1 is 0.536 bits per heavy atom. The third kappa shape index (κ3) is 6.09. The normalized spacial score (nSPS) is 14.8. The molecule has 0 saturated heterocycles. The summed E-state index contributed by atoms with van der Waals surface area (Å²) in [4.78, 5) is 0. The first kappa shape index (κ1) is 40.3. The fraction of sp³-hybridized carbons (Fsp3) is 0.156. The van der Waals surface area contributed by atoms with Crippen LogP contribution < -0.4 is 16.2 Å². The second kappa shape index (κ2) is 14.6. The van der Waals surface area contributed by atoms with Crippen molar-refractivity contribution in [2.45, 2.75) is 64.2 Å². The van der Waals surface area contributed by atoms with Crippen LogP contribution in [0.4, 0.5) is 11.4 Å². The van der Waals surface area contributed by atoms with Crippen LogP contribution in [0.25, 0.3) is 82.5 Å². The largest absolute Gasteiger partial charge is 0.456 e. The molecule has 5 heteroatoms. The van der Waals surface area contributed by atoms with Crippen LogP contribution in [0.15, 0.2) is 185 Å².